The zero-order valence-electron chi connectivity index (χ0n) is 10.1. The molecule has 0 amide bonds. The average molecular weight is 363 g/mol. The van der Waals surface area contributed by atoms with Crippen molar-refractivity contribution in [3.8, 4) is 16.9 Å². The molecule has 0 saturated heterocycles. The van der Waals surface area contributed by atoms with Crippen LogP contribution < -0.4 is 10.3 Å². The lowest BCUT2D eigenvalue weighted by Gasteiger charge is -2.11. The summed E-state index contributed by atoms with van der Waals surface area (Å²) < 4.78 is 0. The molecule has 0 aromatic heterocycles. The van der Waals surface area contributed by atoms with E-state index in [0.717, 1.165) is 16.9 Å². The fourth-order valence-corrected chi connectivity index (χ4v) is 1.72. The Balaban J connectivity index is 0.00000180. The van der Waals surface area contributed by atoms with Crippen LogP contribution in [0.3, 0.4) is 0 Å². The van der Waals surface area contributed by atoms with Crippen LogP contribution in [0.4, 0.5) is 0 Å². The van der Waals surface area contributed by atoms with E-state index in [1.807, 2.05) is 54.6 Å². The molecule has 0 heterocycles. The number of rotatable bonds is 5. The number of para-hydroxylation sites is 1. The maximum Gasteiger partial charge on any atom is 0.154 e. The number of nitrogens with one attached hydrogen (secondary N) is 1. The van der Waals surface area contributed by atoms with Crippen LogP contribution in [0.2, 0.25) is 0 Å². The number of hydrogen-bond acceptors (Lipinski definition) is 2. The van der Waals surface area contributed by atoms with Gasteiger partial charge in [0.2, 0.25) is 0 Å². The average Bonchev–Trinajstić information content (AvgIpc) is 2.40. The molecule has 0 bridgehead atoms. The van der Waals surface area contributed by atoms with Crippen molar-refractivity contribution in [1.82, 2.24) is 5.48 Å². The highest BCUT2D eigenvalue weighted by Gasteiger charge is 2.06. The van der Waals surface area contributed by atoms with Gasteiger partial charge in [-0.25, -0.2) is 0 Å². The molecular weight excluding hydrogens is 349 g/mol. The molecule has 0 fully saturated rings. The van der Waals surface area contributed by atoms with Crippen LogP contribution in [-0.4, -0.2) is 11.4 Å². The number of halogens is 3. The molecule has 2 nitrogen and oxygen atoms in total. The summed E-state index contributed by atoms with van der Waals surface area (Å²) >= 11 is 11.2. The van der Waals surface area contributed by atoms with Gasteiger partial charge < -0.3 is 4.84 Å². The fourth-order valence-electron chi connectivity index (χ4n) is 1.59. The van der Waals surface area contributed by atoms with Gasteiger partial charge >= 0.3 is 0 Å². The Morgan fingerprint density at radius 2 is 1.58 bits per heavy atom. The Labute approximate surface area is 133 Å². The summed E-state index contributed by atoms with van der Waals surface area (Å²) in [4.78, 5) is 4.99. The van der Waals surface area contributed by atoms with E-state index in [1.165, 1.54) is 0 Å². The summed E-state index contributed by atoms with van der Waals surface area (Å²) in [7, 11) is 0. The van der Waals surface area contributed by atoms with E-state index in [2.05, 4.69) is 5.48 Å². The Bertz CT molecular complexity index is 494. The molecule has 19 heavy (non-hydrogen) atoms. The summed E-state index contributed by atoms with van der Waals surface area (Å²) in [6.45, 7) is 0.367. The van der Waals surface area contributed by atoms with Gasteiger partial charge in [-0.1, -0.05) is 48.5 Å². The van der Waals surface area contributed by atoms with Crippen LogP contribution in [0.25, 0.3) is 11.1 Å². The predicted molar refractivity (Wildman–Crippen MR) is 86.3 cm³/mol. The minimum atomic E-state index is -0.492. The van der Waals surface area contributed by atoms with E-state index < -0.39 is 4.84 Å². The van der Waals surface area contributed by atoms with Gasteiger partial charge in [0.15, 0.2) is 5.75 Å². The molecule has 0 aliphatic heterocycles. The van der Waals surface area contributed by atoms with E-state index in [0.29, 0.717) is 6.54 Å². The topological polar surface area (TPSA) is 21.3 Å². The molecule has 0 spiro atoms. The highest BCUT2D eigenvalue weighted by Crippen LogP contribution is 2.28. The lowest BCUT2D eigenvalue weighted by molar-refractivity contribution is 0.202. The van der Waals surface area contributed by atoms with Crippen molar-refractivity contribution < 1.29 is 4.84 Å². The molecule has 0 radical (unpaired) electrons. The zero-order chi connectivity index (χ0) is 12.8. The lowest BCUT2D eigenvalue weighted by Crippen LogP contribution is -2.24. The van der Waals surface area contributed by atoms with Gasteiger partial charge in [0, 0.05) is 5.56 Å². The summed E-state index contributed by atoms with van der Waals surface area (Å²) in [5, 5.41) is 0. The molecule has 0 atom stereocenters. The number of hydrogen-bond donors (Lipinski definition) is 1. The Kier molecular flexibility index (Phi) is 7.24. The molecule has 5 heteroatoms. The highest BCUT2D eigenvalue weighted by molar-refractivity contribution is 8.93. The smallest absolute Gasteiger partial charge is 0.154 e. The van der Waals surface area contributed by atoms with Crippen molar-refractivity contribution in [2.75, 3.05) is 6.54 Å². The summed E-state index contributed by atoms with van der Waals surface area (Å²) in [6.07, 6.45) is 0. The third-order valence-electron chi connectivity index (χ3n) is 2.39. The monoisotopic (exact) mass is 361 g/mol. The normalized spacial score (nSPS) is 10.1. The van der Waals surface area contributed by atoms with Crippen LogP contribution in [0, 0.1) is 0 Å². The first-order valence-corrected chi connectivity index (χ1v) is 6.47. The molecule has 2 aromatic carbocycles. The first-order valence-electron chi connectivity index (χ1n) is 5.59. The van der Waals surface area contributed by atoms with Gasteiger partial charge in [0.05, 0.1) is 6.54 Å². The molecule has 2 aromatic rings. The summed E-state index contributed by atoms with van der Waals surface area (Å²) in [6, 6.07) is 17.8. The molecule has 1 N–H and O–H groups in total. The Morgan fingerprint density at radius 3 is 2.26 bits per heavy atom. The first-order chi connectivity index (χ1) is 8.77. The van der Waals surface area contributed by atoms with Crippen LogP contribution >= 0.6 is 40.2 Å². The van der Waals surface area contributed by atoms with Crippen molar-refractivity contribution in [2.45, 2.75) is 4.84 Å². The van der Waals surface area contributed by atoms with Gasteiger partial charge in [0.1, 0.15) is 4.84 Å². The molecule has 2 rings (SSSR count). The molecule has 0 saturated carbocycles. The van der Waals surface area contributed by atoms with Crippen molar-refractivity contribution in [2.24, 2.45) is 0 Å². The van der Waals surface area contributed by atoms with Crippen LogP contribution in [-0.2, 0) is 0 Å². The van der Waals surface area contributed by atoms with Crippen molar-refractivity contribution in [3.63, 3.8) is 0 Å². The molecule has 0 aliphatic carbocycles. The van der Waals surface area contributed by atoms with E-state index in [-0.39, 0.29) is 17.0 Å². The molecule has 0 aliphatic rings. The molecule has 0 unspecified atom stereocenters. The number of benzene rings is 2. The van der Waals surface area contributed by atoms with Gasteiger partial charge in [-0.15, -0.1) is 40.2 Å². The van der Waals surface area contributed by atoms with E-state index in [1.54, 1.807) is 0 Å². The molecule has 102 valence electrons. The van der Waals surface area contributed by atoms with Crippen LogP contribution in [0.15, 0.2) is 54.6 Å². The SMILES string of the molecule is Br.ClC(Cl)CNOc1ccccc1-c1ccccc1. The largest absolute Gasteiger partial charge is 0.408 e. The van der Waals surface area contributed by atoms with Crippen LogP contribution in [0.1, 0.15) is 0 Å². The third kappa shape index (κ3) is 5.03. The van der Waals surface area contributed by atoms with Gasteiger partial charge in [-0.05, 0) is 11.6 Å². The third-order valence-corrected chi connectivity index (χ3v) is 2.70. The second-order valence-electron chi connectivity index (χ2n) is 3.70. The second kappa shape index (κ2) is 8.43. The first kappa shape index (κ1) is 16.3. The minimum Gasteiger partial charge on any atom is -0.408 e. The fraction of sp³-hybridized carbons (Fsp3) is 0.143. The maximum absolute atomic E-state index is 5.62. The standard InChI is InChI=1S/C14H13Cl2NO.BrH/c15-14(16)10-17-18-13-9-5-4-8-12(13)11-6-2-1-3-7-11;/h1-9,14,17H,10H2;1H. The summed E-state index contributed by atoms with van der Waals surface area (Å²) in [5.41, 5.74) is 4.87. The van der Waals surface area contributed by atoms with E-state index in [9.17, 15) is 0 Å². The lowest BCUT2D eigenvalue weighted by atomic mass is 10.1. The van der Waals surface area contributed by atoms with Gasteiger partial charge in [0.25, 0.3) is 0 Å². The van der Waals surface area contributed by atoms with Crippen LogP contribution in [0.5, 0.6) is 5.75 Å². The van der Waals surface area contributed by atoms with Crippen molar-refractivity contribution in [3.05, 3.63) is 54.6 Å². The van der Waals surface area contributed by atoms with Crippen molar-refractivity contribution in [1.29, 1.82) is 0 Å². The quantitative estimate of drug-likeness (QED) is 0.619. The van der Waals surface area contributed by atoms with Crippen molar-refractivity contribution >= 4 is 40.2 Å². The molecular formula is C14H14BrCl2NO. The van der Waals surface area contributed by atoms with E-state index >= 15 is 0 Å². The zero-order valence-corrected chi connectivity index (χ0v) is 13.3. The van der Waals surface area contributed by atoms with E-state index in [4.69, 9.17) is 28.0 Å². The Morgan fingerprint density at radius 1 is 0.947 bits per heavy atom. The van der Waals surface area contributed by atoms with Gasteiger partial charge in [-0.2, -0.15) is 5.48 Å². The number of alkyl halides is 2. The number of hydroxylamine groups is 1. The summed E-state index contributed by atoms with van der Waals surface area (Å²) in [5.74, 6) is 0.748. The maximum atomic E-state index is 5.62. The highest BCUT2D eigenvalue weighted by atomic mass is 79.9. The predicted octanol–water partition coefficient (Wildman–Crippen LogP) is 4.62. The van der Waals surface area contributed by atoms with Gasteiger partial charge in [-0.3, -0.25) is 0 Å². The minimum absolute atomic E-state index is 0. The Hall–Kier alpha value is -0.740. The second-order valence-corrected chi connectivity index (χ2v) is 4.98.